The topological polar surface area (TPSA) is 55.6 Å². The van der Waals surface area contributed by atoms with Crippen LogP contribution in [-0.2, 0) is 13.5 Å². The zero-order valence-corrected chi connectivity index (χ0v) is 9.65. The third-order valence-corrected chi connectivity index (χ3v) is 2.24. The Kier molecular flexibility index (Phi) is 3.36. The number of rotatable bonds is 4. The summed E-state index contributed by atoms with van der Waals surface area (Å²) >= 11 is 5.71. The van der Waals surface area contributed by atoms with Crippen molar-refractivity contribution < 1.29 is 0 Å². The standard InChI is InChI=1S/C10H12ClN5/c1-16-5-3-8(15-16)2-4-13-10-7-12-6-9(11)14-10/h3,5-7H,2,4H2,1H3,(H,13,14). The van der Waals surface area contributed by atoms with Crippen LogP contribution in [0.3, 0.4) is 0 Å². The highest BCUT2D eigenvalue weighted by Gasteiger charge is 1.98. The number of nitrogens with one attached hydrogen (secondary N) is 1. The SMILES string of the molecule is Cn1ccc(CCNc2cncc(Cl)n2)n1. The maximum Gasteiger partial charge on any atom is 0.149 e. The van der Waals surface area contributed by atoms with E-state index in [1.165, 1.54) is 6.20 Å². The van der Waals surface area contributed by atoms with E-state index in [2.05, 4.69) is 20.4 Å². The Morgan fingerprint density at radius 1 is 1.44 bits per heavy atom. The van der Waals surface area contributed by atoms with Crippen LogP contribution in [0.2, 0.25) is 5.15 Å². The van der Waals surface area contributed by atoms with Crippen molar-refractivity contribution in [2.75, 3.05) is 11.9 Å². The monoisotopic (exact) mass is 237 g/mol. The fourth-order valence-corrected chi connectivity index (χ4v) is 1.49. The van der Waals surface area contributed by atoms with E-state index in [4.69, 9.17) is 11.6 Å². The smallest absolute Gasteiger partial charge is 0.149 e. The predicted octanol–water partition coefficient (Wildman–Crippen LogP) is 1.52. The predicted molar refractivity (Wildman–Crippen MR) is 62.4 cm³/mol. The first-order valence-corrected chi connectivity index (χ1v) is 5.32. The molecule has 2 heterocycles. The van der Waals surface area contributed by atoms with Crippen molar-refractivity contribution in [2.24, 2.45) is 7.05 Å². The second-order valence-corrected chi connectivity index (χ2v) is 3.77. The van der Waals surface area contributed by atoms with Gasteiger partial charge >= 0.3 is 0 Å². The van der Waals surface area contributed by atoms with E-state index in [1.807, 2.05) is 19.3 Å². The zero-order chi connectivity index (χ0) is 11.4. The lowest BCUT2D eigenvalue weighted by Crippen LogP contribution is -2.07. The van der Waals surface area contributed by atoms with Crippen molar-refractivity contribution in [3.63, 3.8) is 0 Å². The lowest BCUT2D eigenvalue weighted by atomic mass is 10.3. The Bertz CT molecular complexity index is 468. The first-order valence-electron chi connectivity index (χ1n) is 4.94. The number of aromatic nitrogens is 4. The molecule has 5 nitrogen and oxygen atoms in total. The van der Waals surface area contributed by atoms with Crippen molar-refractivity contribution >= 4 is 17.4 Å². The fraction of sp³-hybridized carbons (Fsp3) is 0.300. The number of nitrogens with zero attached hydrogens (tertiary/aromatic N) is 4. The minimum Gasteiger partial charge on any atom is -0.368 e. The first kappa shape index (κ1) is 10.9. The van der Waals surface area contributed by atoms with Gasteiger partial charge < -0.3 is 5.32 Å². The quantitative estimate of drug-likeness (QED) is 0.876. The van der Waals surface area contributed by atoms with Gasteiger partial charge in [0.1, 0.15) is 11.0 Å². The number of anilines is 1. The summed E-state index contributed by atoms with van der Waals surface area (Å²) < 4.78 is 1.79. The maximum atomic E-state index is 5.71. The van der Waals surface area contributed by atoms with Crippen LogP contribution in [0.25, 0.3) is 0 Å². The molecule has 0 aromatic carbocycles. The van der Waals surface area contributed by atoms with E-state index in [9.17, 15) is 0 Å². The molecule has 2 aromatic heterocycles. The van der Waals surface area contributed by atoms with Crippen molar-refractivity contribution in [1.82, 2.24) is 19.7 Å². The Balaban J connectivity index is 1.84. The van der Waals surface area contributed by atoms with Crippen LogP contribution in [0.4, 0.5) is 5.82 Å². The largest absolute Gasteiger partial charge is 0.368 e. The molecule has 0 aliphatic rings. The zero-order valence-electron chi connectivity index (χ0n) is 8.89. The molecular formula is C10H12ClN5. The average Bonchev–Trinajstić information content (AvgIpc) is 2.64. The minimum atomic E-state index is 0.392. The van der Waals surface area contributed by atoms with Gasteiger partial charge in [-0.15, -0.1) is 0 Å². The van der Waals surface area contributed by atoms with Crippen LogP contribution < -0.4 is 5.32 Å². The maximum absolute atomic E-state index is 5.71. The van der Waals surface area contributed by atoms with E-state index in [0.29, 0.717) is 11.0 Å². The molecule has 0 amide bonds. The summed E-state index contributed by atoms with van der Waals surface area (Å²) in [6.07, 6.45) is 5.92. The first-order chi connectivity index (χ1) is 7.74. The molecule has 2 rings (SSSR count). The van der Waals surface area contributed by atoms with Gasteiger partial charge in [-0.05, 0) is 6.07 Å². The van der Waals surface area contributed by atoms with Crippen molar-refractivity contribution in [1.29, 1.82) is 0 Å². The van der Waals surface area contributed by atoms with Gasteiger partial charge in [-0.3, -0.25) is 9.67 Å². The molecule has 0 radical (unpaired) electrons. The highest BCUT2D eigenvalue weighted by Crippen LogP contribution is 2.06. The Morgan fingerprint density at radius 3 is 3.00 bits per heavy atom. The summed E-state index contributed by atoms with van der Waals surface area (Å²) in [5, 5.41) is 7.80. The molecule has 0 saturated heterocycles. The van der Waals surface area contributed by atoms with Gasteiger partial charge in [0.05, 0.1) is 18.1 Å². The summed E-state index contributed by atoms with van der Waals surface area (Å²) in [6.45, 7) is 0.756. The normalized spacial score (nSPS) is 10.4. The third kappa shape index (κ3) is 2.93. The van der Waals surface area contributed by atoms with Crippen molar-refractivity contribution in [3.8, 4) is 0 Å². The van der Waals surface area contributed by atoms with E-state index in [1.54, 1.807) is 10.9 Å². The van der Waals surface area contributed by atoms with Crippen LogP contribution >= 0.6 is 11.6 Å². The molecule has 16 heavy (non-hydrogen) atoms. The third-order valence-electron chi connectivity index (χ3n) is 2.06. The highest BCUT2D eigenvalue weighted by molar-refractivity contribution is 6.29. The molecule has 0 bridgehead atoms. The van der Waals surface area contributed by atoms with Gasteiger partial charge in [-0.25, -0.2) is 4.98 Å². The Labute approximate surface area is 98.5 Å². The fourth-order valence-electron chi connectivity index (χ4n) is 1.34. The highest BCUT2D eigenvalue weighted by atomic mass is 35.5. The lowest BCUT2D eigenvalue weighted by molar-refractivity contribution is 0.742. The van der Waals surface area contributed by atoms with Gasteiger partial charge in [0.15, 0.2) is 0 Å². The summed E-state index contributed by atoms with van der Waals surface area (Å²) in [5.41, 5.74) is 1.05. The van der Waals surface area contributed by atoms with Gasteiger partial charge in [0, 0.05) is 26.2 Å². The average molecular weight is 238 g/mol. The van der Waals surface area contributed by atoms with Crippen LogP contribution in [-0.4, -0.2) is 26.3 Å². The second kappa shape index (κ2) is 4.94. The Morgan fingerprint density at radius 2 is 2.31 bits per heavy atom. The molecule has 0 aliphatic carbocycles. The molecule has 0 saturated carbocycles. The lowest BCUT2D eigenvalue weighted by Gasteiger charge is -2.03. The van der Waals surface area contributed by atoms with E-state index < -0.39 is 0 Å². The van der Waals surface area contributed by atoms with Crippen molar-refractivity contribution in [2.45, 2.75) is 6.42 Å². The van der Waals surface area contributed by atoms with Gasteiger partial charge in [0.25, 0.3) is 0 Å². The molecule has 6 heteroatoms. The second-order valence-electron chi connectivity index (χ2n) is 3.38. The molecule has 1 N–H and O–H groups in total. The van der Waals surface area contributed by atoms with Crippen LogP contribution in [0, 0.1) is 0 Å². The van der Waals surface area contributed by atoms with Crippen LogP contribution in [0.5, 0.6) is 0 Å². The van der Waals surface area contributed by atoms with Crippen LogP contribution in [0.15, 0.2) is 24.7 Å². The van der Waals surface area contributed by atoms with Gasteiger partial charge in [-0.1, -0.05) is 11.6 Å². The molecule has 0 fully saturated rings. The number of hydrogen-bond acceptors (Lipinski definition) is 4. The van der Waals surface area contributed by atoms with Gasteiger partial charge in [-0.2, -0.15) is 5.10 Å². The summed E-state index contributed by atoms with van der Waals surface area (Å²) in [6, 6.07) is 1.99. The summed E-state index contributed by atoms with van der Waals surface area (Å²) in [7, 11) is 1.90. The summed E-state index contributed by atoms with van der Waals surface area (Å²) in [4.78, 5) is 8.01. The minimum absolute atomic E-state index is 0.392. The molecular weight excluding hydrogens is 226 g/mol. The molecule has 0 atom stereocenters. The number of halogens is 1. The van der Waals surface area contributed by atoms with Crippen LogP contribution in [0.1, 0.15) is 5.69 Å². The van der Waals surface area contributed by atoms with Crippen molar-refractivity contribution in [3.05, 3.63) is 35.5 Å². The van der Waals surface area contributed by atoms with E-state index >= 15 is 0 Å². The molecule has 84 valence electrons. The summed E-state index contributed by atoms with van der Waals surface area (Å²) in [5.74, 6) is 0.684. The molecule has 0 unspecified atom stereocenters. The molecule has 0 aliphatic heterocycles. The van der Waals surface area contributed by atoms with Gasteiger partial charge in [0.2, 0.25) is 0 Å². The number of aryl methyl sites for hydroxylation is 1. The molecule has 2 aromatic rings. The molecule has 0 spiro atoms. The van der Waals surface area contributed by atoms with E-state index in [0.717, 1.165) is 18.7 Å². The van der Waals surface area contributed by atoms with E-state index in [-0.39, 0.29) is 0 Å². The number of hydrogen-bond donors (Lipinski definition) is 1. The Hall–Kier alpha value is -1.62.